The van der Waals surface area contributed by atoms with Crippen LogP contribution in [-0.2, 0) is 20.7 Å². The molecule has 1 aliphatic carbocycles. The van der Waals surface area contributed by atoms with Crippen LogP contribution in [0.15, 0.2) is 48.5 Å². The monoisotopic (exact) mass is 424 g/mol. The molecule has 2 N–H and O–H groups in total. The molecule has 7 nitrogen and oxygen atoms in total. The third-order valence-electron chi connectivity index (χ3n) is 5.29. The lowest BCUT2D eigenvalue weighted by atomic mass is 10.1. The van der Waals surface area contributed by atoms with Gasteiger partial charge in [0.05, 0.1) is 18.4 Å². The summed E-state index contributed by atoms with van der Waals surface area (Å²) in [6.45, 7) is -0.413. The zero-order valence-corrected chi connectivity index (χ0v) is 17.7. The topological polar surface area (TPSA) is 93.7 Å². The Balaban J connectivity index is 1.48. The van der Waals surface area contributed by atoms with E-state index < -0.39 is 18.5 Å². The van der Waals surface area contributed by atoms with Crippen LogP contribution in [0.5, 0.6) is 5.75 Å². The van der Waals surface area contributed by atoms with Crippen molar-refractivity contribution in [3.63, 3.8) is 0 Å². The number of anilines is 1. The first-order valence-electron chi connectivity index (χ1n) is 10.5. The largest absolute Gasteiger partial charge is 0.496 e. The van der Waals surface area contributed by atoms with E-state index in [0.717, 1.165) is 31.2 Å². The second-order valence-corrected chi connectivity index (χ2v) is 7.52. The normalized spacial score (nSPS) is 13.5. The fourth-order valence-corrected chi connectivity index (χ4v) is 3.67. The molecule has 2 amide bonds. The van der Waals surface area contributed by atoms with E-state index in [1.54, 1.807) is 31.4 Å². The molecular weight excluding hydrogens is 396 g/mol. The van der Waals surface area contributed by atoms with Gasteiger partial charge in [-0.3, -0.25) is 14.4 Å². The van der Waals surface area contributed by atoms with Gasteiger partial charge in [0, 0.05) is 12.5 Å². The van der Waals surface area contributed by atoms with Crippen LogP contribution in [0.2, 0.25) is 0 Å². The summed E-state index contributed by atoms with van der Waals surface area (Å²) in [5.41, 5.74) is 1.69. The van der Waals surface area contributed by atoms with Gasteiger partial charge in [0.2, 0.25) is 0 Å². The second kappa shape index (κ2) is 11.2. The molecule has 0 atom stereocenters. The van der Waals surface area contributed by atoms with Gasteiger partial charge >= 0.3 is 5.97 Å². The quantitative estimate of drug-likeness (QED) is 0.601. The number of rotatable bonds is 9. The molecule has 3 rings (SSSR count). The molecule has 31 heavy (non-hydrogen) atoms. The van der Waals surface area contributed by atoms with Gasteiger partial charge in [0.15, 0.2) is 6.61 Å². The molecule has 0 heterocycles. The minimum atomic E-state index is -0.494. The van der Waals surface area contributed by atoms with Crippen LogP contribution in [-0.4, -0.2) is 37.5 Å². The lowest BCUT2D eigenvalue weighted by Crippen LogP contribution is -2.33. The minimum Gasteiger partial charge on any atom is -0.496 e. The highest BCUT2D eigenvalue weighted by molar-refractivity contribution is 6.04. The van der Waals surface area contributed by atoms with Crippen molar-refractivity contribution in [2.24, 2.45) is 0 Å². The third-order valence-corrected chi connectivity index (χ3v) is 5.29. The van der Waals surface area contributed by atoms with Crippen LogP contribution < -0.4 is 15.4 Å². The van der Waals surface area contributed by atoms with Gasteiger partial charge in [-0.1, -0.05) is 43.2 Å². The number of para-hydroxylation sites is 2. The average molecular weight is 424 g/mol. The van der Waals surface area contributed by atoms with Crippen molar-refractivity contribution in [2.75, 3.05) is 19.0 Å². The molecule has 0 bridgehead atoms. The Bertz CT molecular complexity index is 922. The average Bonchev–Trinajstić information content (AvgIpc) is 3.29. The minimum absolute atomic E-state index is 0.133. The molecule has 0 radical (unpaired) electrons. The number of hydrogen-bond acceptors (Lipinski definition) is 5. The molecule has 2 aromatic rings. The molecule has 0 aliphatic heterocycles. The Morgan fingerprint density at radius 2 is 1.71 bits per heavy atom. The molecule has 1 aliphatic rings. The zero-order valence-electron chi connectivity index (χ0n) is 17.7. The summed E-state index contributed by atoms with van der Waals surface area (Å²) >= 11 is 0. The van der Waals surface area contributed by atoms with E-state index in [-0.39, 0.29) is 18.4 Å². The van der Waals surface area contributed by atoms with E-state index in [9.17, 15) is 14.4 Å². The van der Waals surface area contributed by atoms with E-state index in [0.29, 0.717) is 23.4 Å². The molecule has 0 unspecified atom stereocenters. The van der Waals surface area contributed by atoms with Crippen LogP contribution in [0, 0.1) is 0 Å². The maximum atomic E-state index is 12.6. The van der Waals surface area contributed by atoms with E-state index in [1.807, 2.05) is 24.3 Å². The number of carbonyl (C=O) groups excluding carboxylic acids is 3. The van der Waals surface area contributed by atoms with Gasteiger partial charge in [-0.2, -0.15) is 0 Å². The lowest BCUT2D eigenvalue weighted by molar-refractivity contribution is -0.147. The predicted octanol–water partition coefficient (Wildman–Crippen LogP) is 3.48. The second-order valence-electron chi connectivity index (χ2n) is 7.52. The summed E-state index contributed by atoms with van der Waals surface area (Å²) in [5, 5.41) is 5.68. The molecular formula is C24H28N2O5. The van der Waals surface area contributed by atoms with Gasteiger partial charge in [0.25, 0.3) is 11.8 Å². The number of nitrogens with one attached hydrogen (secondary N) is 2. The summed E-state index contributed by atoms with van der Waals surface area (Å²) in [5.74, 6) is -0.475. The fourth-order valence-electron chi connectivity index (χ4n) is 3.67. The zero-order chi connectivity index (χ0) is 22.1. The maximum absolute atomic E-state index is 12.6. The molecule has 1 fully saturated rings. The summed E-state index contributed by atoms with van der Waals surface area (Å²) in [6.07, 6.45) is 4.77. The van der Waals surface area contributed by atoms with Crippen LogP contribution in [0.4, 0.5) is 5.69 Å². The Labute approximate surface area is 182 Å². The van der Waals surface area contributed by atoms with E-state index in [4.69, 9.17) is 9.47 Å². The van der Waals surface area contributed by atoms with Crippen molar-refractivity contribution < 1.29 is 23.9 Å². The van der Waals surface area contributed by atoms with Gasteiger partial charge < -0.3 is 20.1 Å². The first kappa shape index (κ1) is 22.3. The van der Waals surface area contributed by atoms with E-state index in [2.05, 4.69) is 10.6 Å². The number of hydrogen-bond donors (Lipinski definition) is 2. The summed E-state index contributed by atoms with van der Waals surface area (Å²) in [7, 11) is 1.58. The van der Waals surface area contributed by atoms with Crippen LogP contribution in [0.25, 0.3) is 0 Å². The van der Waals surface area contributed by atoms with Crippen molar-refractivity contribution >= 4 is 23.5 Å². The summed E-state index contributed by atoms with van der Waals surface area (Å²) in [6, 6.07) is 14.4. The first-order valence-corrected chi connectivity index (χ1v) is 10.5. The van der Waals surface area contributed by atoms with E-state index in [1.165, 1.54) is 0 Å². The Morgan fingerprint density at radius 1 is 1.00 bits per heavy atom. The molecule has 1 saturated carbocycles. The Kier molecular flexibility index (Phi) is 8.04. The fraction of sp³-hybridized carbons (Fsp3) is 0.375. The van der Waals surface area contributed by atoms with Crippen molar-refractivity contribution in [1.29, 1.82) is 0 Å². The van der Waals surface area contributed by atoms with Gasteiger partial charge in [-0.15, -0.1) is 0 Å². The lowest BCUT2D eigenvalue weighted by Gasteiger charge is -2.15. The van der Waals surface area contributed by atoms with Crippen molar-refractivity contribution in [3.8, 4) is 5.75 Å². The van der Waals surface area contributed by atoms with Crippen LogP contribution in [0.1, 0.15) is 48.0 Å². The Morgan fingerprint density at radius 3 is 2.48 bits per heavy atom. The molecule has 164 valence electrons. The van der Waals surface area contributed by atoms with Gasteiger partial charge in [-0.25, -0.2) is 0 Å². The smallest absolute Gasteiger partial charge is 0.306 e. The van der Waals surface area contributed by atoms with Crippen molar-refractivity contribution in [2.45, 2.75) is 44.6 Å². The first-order chi connectivity index (χ1) is 15.1. The number of esters is 1. The summed E-state index contributed by atoms with van der Waals surface area (Å²) in [4.78, 5) is 36.9. The number of aryl methyl sites for hydroxylation is 1. The number of ether oxygens (including phenoxy) is 2. The number of carbonyl (C=O) groups is 3. The third kappa shape index (κ3) is 6.57. The molecule has 0 spiro atoms. The van der Waals surface area contributed by atoms with Gasteiger partial charge in [0.1, 0.15) is 5.75 Å². The number of benzene rings is 2. The molecule has 2 aromatic carbocycles. The highest BCUT2D eigenvalue weighted by Gasteiger charge is 2.20. The summed E-state index contributed by atoms with van der Waals surface area (Å²) < 4.78 is 10.4. The number of methoxy groups -OCH3 is 1. The predicted molar refractivity (Wildman–Crippen MR) is 117 cm³/mol. The SMILES string of the molecule is COc1ccccc1CCC(=O)OCC(=O)Nc1ccccc1C(=O)NC1CCCC1. The highest BCUT2D eigenvalue weighted by atomic mass is 16.5. The van der Waals surface area contributed by atoms with E-state index >= 15 is 0 Å². The molecule has 0 aromatic heterocycles. The molecule has 7 heteroatoms. The molecule has 0 saturated heterocycles. The van der Waals surface area contributed by atoms with Crippen LogP contribution in [0.3, 0.4) is 0 Å². The number of amides is 2. The standard InChI is InChI=1S/C24H28N2O5/c1-30-21-13-7-2-8-17(21)14-15-23(28)31-16-22(27)26-20-12-6-5-11-19(20)24(29)25-18-9-3-4-10-18/h2,5-8,11-13,18H,3-4,9-10,14-16H2,1H3,(H,25,29)(H,26,27). The highest BCUT2D eigenvalue weighted by Crippen LogP contribution is 2.21. The van der Waals surface area contributed by atoms with Gasteiger partial charge in [-0.05, 0) is 43.0 Å². The van der Waals surface area contributed by atoms with Crippen molar-refractivity contribution in [3.05, 3.63) is 59.7 Å². The maximum Gasteiger partial charge on any atom is 0.306 e. The van der Waals surface area contributed by atoms with Crippen molar-refractivity contribution in [1.82, 2.24) is 5.32 Å². The Hall–Kier alpha value is -3.35. The van der Waals surface area contributed by atoms with Crippen LogP contribution >= 0.6 is 0 Å².